The molecule has 0 bridgehead atoms. The van der Waals surface area contributed by atoms with Gasteiger partial charge in [0.15, 0.2) is 0 Å². The Kier molecular flexibility index (Phi) is 6.59. The van der Waals surface area contributed by atoms with E-state index >= 15 is 0 Å². The number of furan rings is 1. The van der Waals surface area contributed by atoms with Gasteiger partial charge in [0.05, 0.1) is 5.56 Å². The summed E-state index contributed by atoms with van der Waals surface area (Å²) in [7, 11) is 0. The number of benzene rings is 7. The van der Waals surface area contributed by atoms with Crippen molar-refractivity contribution in [2.24, 2.45) is 0 Å². The van der Waals surface area contributed by atoms with E-state index in [-0.39, 0.29) is 5.56 Å². The van der Waals surface area contributed by atoms with Crippen LogP contribution in [0.3, 0.4) is 0 Å². The molecule has 0 atom stereocenters. The molecule has 2 aromatic heterocycles. The lowest BCUT2D eigenvalue weighted by molar-refractivity contribution is 0.548. The number of fused-ring (bicyclic) bond motifs is 7. The standard InChI is InChI=1S/C42H24F3NOS/c43-27-23-35(44)39(36(45)24-27)26-15-19-30(20-16-26)46(28-7-2-1-3-8-28)29-17-13-25(14-18-29)31-10-6-11-32-33-21-22-38-40(42(33)47-41(31)32)34-9-4-5-12-37(34)48-38/h1-24H. The Hall–Kier alpha value is -5.85. The molecule has 0 saturated carbocycles. The van der Waals surface area contributed by atoms with Crippen molar-refractivity contribution in [3.05, 3.63) is 163 Å². The third-order valence-corrected chi connectivity index (χ3v) is 10.0. The fourth-order valence-corrected chi connectivity index (χ4v) is 7.81. The Morgan fingerprint density at radius 2 is 1.08 bits per heavy atom. The zero-order chi connectivity index (χ0) is 32.4. The van der Waals surface area contributed by atoms with Crippen LogP contribution in [0, 0.1) is 17.5 Å². The molecule has 0 amide bonds. The SMILES string of the molecule is Fc1cc(F)c(-c2ccc(N(c3ccccc3)c3ccc(-c4cccc5c4oc4c5ccc5sc6ccccc6c54)cc3)cc2)c(F)c1. The molecule has 0 fully saturated rings. The Morgan fingerprint density at radius 3 is 1.81 bits per heavy atom. The number of thiophene rings is 1. The Bertz CT molecular complexity index is 2620. The van der Waals surface area contributed by atoms with Crippen LogP contribution in [-0.4, -0.2) is 0 Å². The maximum Gasteiger partial charge on any atom is 0.144 e. The van der Waals surface area contributed by atoms with E-state index in [1.165, 1.54) is 14.8 Å². The summed E-state index contributed by atoms with van der Waals surface area (Å²) in [6.45, 7) is 0. The minimum atomic E-state index is -0.950. The van der Waals surface area contributed by atoms with E-state index in [0.717, 1.165) is 55.5 Å². The van der Waals surface area contributed by atoms with Crippen LogP contribution < -0.4 is 4.90 Å². The maximum atomic E-state index is 14.5. The molecule has 2 nitrogen and oxygen atoms in total. The molecule has 9 aromatic rings. The molecular weight excluding hydrogens is 624 g/mol. The van der Waals surface area contributed by atoms with Crippen LogP contribution in [0.15, 0.2) is 150 Å². The van der Waals surface area contributed by atoms with Gasteiger partial charge in [-0.15, -0.1) is 11.3 Å². The van der Waals surface area contributed by atoms with Crippen LogP contribution in [0.25, 0.3) is 64.4 Å². The van der Waals surface area contributed by atoms with Crippen LogP contribution in [0.4, 0.5) is 30.2 Å². The van der Waals surface area contributed by atoms with Gasteiger partial charge in [-0.1, -0.05) is 78.9 Å². The highest BCUT2D eigenvalue weighted by atomic mass is 32.1. The summed E-state index contributed by atoms with van der Waals surface area (Å²) >= 11 is 1.78. The molecule has 230 valence electrons. The van der Waals surface area contributed by atoms with Crippen LogP contribution in [0.1, 0.15) is 0 Å². The lowest BCUT2D eigenvalue weighted by Gasteiger charge is -2.26. The van der Waals surface area contributed by atoms with Crippen molar-refractivity contribution in [3.8, 4) is 22.3 Å². The average Bonchev–Trinajstić information content (AvgIpc) is 3.68. The van der Waals surface area contributed by atoms with Crippen molar-refractivity contribution in [1.29, 1.82) is 0 Å². The first-order valence-corrected chi connectivity index (χ1v) is 16.3. The lowest BCUT2D eigenvalue weighted by atomic mass is 10.0. The molecular formula is C42H24F3NOS. The van der Waals surface area contributed by atoms with E-state index in [2.05, 4.69) is 83.8 Å². The molecule has 0 unspecified atom stereocenters. The minimum Gasteiger partial charge on any atom is -0.455 e. The second kappa shape index (κ2) is 11.1. The number of nitrogens with zero attached hydrogens (tertiary/aromatic N) is 1. The fraction of sp³-hybridized carbons (Fsp3) is 0. The summed E-state index contributed by atoms with van der Waals surface area (Å²) in [5.41, 5.74) is 6.45. The highest BCUT2D eigenvalue weighted by Crippen LogP contribution is 2.44. The first-order chi connectivity index (χ1) is 23.5. The van der Waals surface area contributed by atoms with Crippen LogP contribution in [-0.2, 0) is 0 Å². The molecule has 0 saturated heterocycles. The van der Waals surface area contributed by atoms with E-state index < -0.39 is 17.5 Å². The fourth-order valence-electron chi connectivity index (χ4n) is 6.70. The lowest BCUT2D eigenvalue weighted by Crippen LogP contribution is -2.09. The van der Waals surface area contributed by atoms with Gasteiger partial charge in [0, 0.05) is 65.7 Å². The zero-order valence-electron chi connectivity index (χ0n) is 25.3. The van der Waals surface area contributed by atoms with E-state index in [0.29, 0.717) is 17.7 Å². The van der Waals surface area contributed by atoms with E-state index in [1.807, 2.05) is 42.5 Å². The largest absolute Gasteiger partial charge is 0.455 e. The van der Waals surface area contributed by atoms with Crippen molar-refractivity contribution >= 4 is 70.5 Å². The second-order valence-electron chi connectivity index (χ2n) is 11.7. The highest BCUT2D eigenvalue weighted by molar-refractivity contribution is 7.26. The normalized spacial score (nSPS) is 11.6. The number of hydrogen-bond donors (Lipinski definition) is 0. The van der Waals surface area contributed by atoms with Crippen molar-refractivity contribution in [3.63, 3.8) is 0 Å². The van der Waals surface area contributed by atoms with Crippen LogP contribution in [0.2, 0.25) is 0 Å². The predicted molar refractivity (Wildman–Crippen MR) is 192 cm³/mol. The molecule has 0 aliphatic heterocycles. The van der Waals surface area contributed by atoms with Gasteiger partial charge in [-0.05, 0) is 65.7 Å². The summed E-state index contributed by atoms with van der Waals surface area (Å²) < 4.78 is 51.8. The first kappa shape index (κ1) is 28.4. The van der Waals surface area contributed by atoms with E-state index in [9.17, 15) is 13.2 Å². The molecule has 2 heterocycles. The average molecular weight is 648 g/mol. The van der Waals surface area contributed by atoms with Crippen LogP contribution >= 0.6 is 11.3 Å². The predicted octanol–water partition coefficient (Wildman–Crippen LogP) is 13.2. The van der Waals surface area contributed by atoms with Gasteiger partial charge >= 0.3 is 0 Å². The van der Waals surface area contributed by atoms with Gasteiger partial charge in [-0.25, -0.2) is 13.2 Å². The van der Waals surface area contributed by atoms with Gasteiger partial charge in [0.25, 0.3) is 0 Å². The summed E-state index contributed by atoms with van der Waals surface area (Å²) in [4.78, 5) is 2.07. The van der Waals surface area contributed by atoms with E-state index in [4.69, 9.17) is 4.42 Å². The molecule has 0 N–H and O–H groups in total. The monoisotopic (exact) mass is 647 g/mol. The molecule has 0 aliphatic rings. The van der Waals surface area contributed by atoms with Gasteiger partial charge in [-0.3, -0.25) is 0 Å². The third kappa shape index (κ3) is 4.56. The second-order valence-corrected chi connectivity index (χ2v) is 12.8. The smallest absolute Gasteiger partial charge is 0.144 e. The third-order valence-electron chi connectivity index (χ3n) is 8.88. The van der Waals surface area contributed by atoms with Gasteiger partial charge in [0.1, 0.15) is 28.6 Å². The molecule has 0 spiro atoms. The summed E-state index contributed by atoms with van der Waals surface area (Å²) in [6, 6.07) is 45.5. The zero-order valence-corrected chi connectivity index (χ0v) is 26.1. The molecule has 0 radical (unpaired) electrons. The summed E-state index contributed by atoms with van der Waals surface area (Å²) in [6.07, 6.45) is 0. The van der Waals surface area contributed by atoms with E-state index in [1.54, 1.807) is 23.5 Å². The van der Waals surface area contributed by atoms with Gasteiger partial charge in [0.2, 0.25) is 0 Å². The summed E-state index contributed by atoms with van der Waals surface area (Å²) in [5, 5.41) is 4.53. The first-order valence-electron chi connectivity index (χ1n) is 15.5. The summed E-state index contributed by atoms with van der Waals surface area (Å²) in [5.74, 6) is -2.83. The number of hydrogen-bond acceptors (Lipinski definition) is 3. The van der Waals surface area contributed by atoms with Crippen molar-refractivity contribution in [1.82, 2.24) is 0 Å². The number of rotatable bonds is 5. The molecule has 7 aromatic carbocycles. The number of halogens is 3. The molecule has 48 heavy (non-hydrogen) atoms. The van der Waals surface area contributed by atoms with Crippen molar-refractivity contribution in [2.45, 2.75) is 0 Å². The molecule has 9 rings (SSSR count). The number of anilines is 3. The van der Waals surface area contributed by atoms with Crippen LogP contribution in [0.5, 0.6) is 0 Å². The van der Waals surface area contributed by atoms with Crippen molar-refractivity contribution < 1.29 is 17.6 Å². The Balaban J connectivity index is 1.13. The topological polar surface area (TPSA) is 16.4 Å². The van der Waals surface area contributed by atoms with Gasteiger partial charge < -0.3 is 9.32 Å². The van der Waals surface area contributed by atoms with Gasteiger partial charge in [-0.2, -0.15) is 0 Å². The Labute approximate surface area is 277 Å². The highest BCUT2D eigenvalue weighted by Gasteiger charge is 2.19. The maximum absolute atomic E-state index is 14.5. The van der Waals surface area contributed by atoms with Crippen molar-refractivity contribution in [2.75, 3.05) is 4.90 Å². The molecule has 6 heteroatoms. The molecule has 0 aliphatic carbocycles. The quantitative estimate of drug-likeness (QED) is 0.185. The minimum absolute atomic E-state index is 0.258. The number of para-hydroxylation sites is 2. The Morgan fingerprint density at radius 1 is 0.479 bits per heavy atom.